The minimum Gasteiger partial charge on any atom is -0.423 e. The maximum atomic E-state index is 15.4. The molecule has 0 fully saturated rings. The molecule has 8 heteroatoms. The van der Waals surface area contributed by atoms with Gasteiger partial charge in [0.05, 0.1) is 17.5 Å². The molecule has 1 aromatic heterocycles. The second-order valence-corrected chi connectivity index (χ2v) is 8.79. The average Bonchev–Trinajstić information content (AvgIpc) is 3.31. The predicted molar refractivity (Wildman–Crippen MR) is 135 cm³/mol. The fourth-order valence-corrected chi connectivity index (χ4v) is 4.55. The largest absolute Gasteiger partial charge is 0.423 e. The van der Waals surface area contributed by atoms with Crippen molar-refractivity contribution in [3.05, 3.63) is 108 Å². The van der Waals surface area contributed by atoms with Gasteiger partial charge in [0.2, 0.25) is 0 Å². The number of carbonyl (C=O) groups excluding carboxylic acids is 1. The number of esters is 1. The van der Waals surface area contributed by atoms with Crippen molar-refractivity contribution in [1.29, 1.82) is 0 Å². The lowest BCUT2D eigenvalue weighted by Gasteiger charge is -2.19. The third-order valence-electron chi connectivity index (χ3n) is 5.59. The lowest BCUT2D eigenvalue weighted by atomic mass is 9.87. The molecule has 178 valence electrons. The van der Waals surface area contributed by atoms with E-state index >= 15 is 4.39 Å². The topological polar surface area (TPSA) is 89.1 Å². The van der Waals surface area contributed by atoms with E-state index in [1.165, 1.54) is 6.07 Å². The molecule has 6 nitrogen and oxygen atoms in total. The van der Waals surface area contributed by atoms with Crippen molar-refractivity contribution in [3.8, 4) is 5.75 Å². The molecule has 0 unspecified atom stereocenters. The maximum Gasteiger partial charge on any atom is 0.335 e. The second-order valence-electron chi connectivity index (χ2n) is 7.81. The van der Waals surface area contributed by atoms with Gasteiger partial charge in [-0.2, -0.15) is 5.10 Å². The number of ether oxygens (including phenoxy) is 1. The Morgan fingerprint density at radius 1 is 1.11 bits per heavy atom. The number of hydrogen-bond donors (Lipinski definition) is 2. The summed E-state index contributed by atoms with van der Waals surface area (Å²) < 4.78 is 43.1. The number of fused-ring (bicyclic) bond motifs is 1. The van der Waals surface area contributed by atoms with Crippen LogP contribution in [0.1, 0.15) is 35.6 Å². The van der Waals surface area contributed by atoms with Crippen LogP contribution in [0.15, 0.2) is 79.5 Å². The molecule has 0 aliphatic rings. The van der Waals surface area contributed by atoms with Gasteiger partial charge >= 0.3 is 5.97 Å². The van der Waals surface area contributed by atoms with Crippen LogP contribution in [-0.4, -0.2) is 24.6 Å². The van der Waals surface area contributed by atoms with E-state index in [0.29, 0.717) is 40.0 Å². The molecule has 0 aliphatic heterocycles. The summed E-state index contributed by atoms with van der Waals surface area (Å²) in [7, 11) is -2.67. The Balaban J connectivity index is 2.00. The normalized spacial score (nSPS) is 12.0. The van der Waals surface area contributed by atoms with Crippen LogP contribution in [0.25, 0.3) is 22.0 Å². The van der Waals surface area contributed by atoms with Gasteiger partial charge in [0.15, 0.2) is 0 Å². The Kier molecular flexibility index (Phi) is 7.22. The molecule has 4 aromatic rings. The van der Waals surface area contributed by atoms with Crippen LogP contribution in [0, 0.1) is 5.82 Å². The fraction of sp³-hybridized carbons (Fsp3) is 0.111. The number of para-hydroxylation sites is 1. The summed E-state index contributed by atoms with van der Waals surface area (Å²) in [5.41, 5.74) is 4.30. The van der Waals surface area contributed by atoms with Crippen LogP contribution in [0.4, 0.5) is 4.39 Å². The third kappa shape index (κ3) is 5.22. The van der Waals surface area contributed by atoms with E-state index in [4.69, 9.17) is 4.74 Å². The van der Waals surface area contributed by atoms with Gasteiger partial charge in [0, 0.05) is 22.6 Å². The summed E-state index contributed by atoms with van der Waals surface area (Å²) in [6, 6.07) is 17.2. The minimum atomic E-state index is -2.67. The number of aromatic amines is 1. The van der Waals surface area contributed by atoms with Gasteiger partial charge in [0.25, 0.3) is 0 Å². The Bertz CT molecular complexity index is 1530. The van der Waals surface area contributed by atoms with E-state index in [2.05, 4.69) is 16.8 Å². The third-order valence-corrected chi connectivity index (χ3v) is 6.21. The van der Waals surface area contributed by atoms with Gasteiger partial charge in [-0.15, -0.1) is 0 Å². The number of thiol groups is 1. The van der Waals surface area contributed by atoms with E-state index < -0.39 is 22.5 Å². The molecule has 1 N–H and O–H groups in total. The molecule has 35 heavy (non-hydrogen) atoms. The summed E-state index contributed by atoms with van der Waals surface area (Å²) in [4.78, 5) is 12.0. The van der Waals surface area contributed by atoms with Crippen molar-refractivity contribution in [1.82, 2.24) is 10.2 Å². The smallest absolute Gasteiger partial charge is 0.335 e. The highest BCUT2D eigenvalue weighted by molar-refractivity contribution is 7.71. The van der Waals surface area contributed by atoms with E-state index in [-0.39, 0.29) is 5.75 Å². The van der Waals surface area contributed by atoms with Crippen LogP contribution in [0.5, 0.6) is 5.75 Å². The molecule has 0 amide bonds. The molecule has 0 radical (unpaired) electrons. The van der Waals surface area contributed by atoms with Crippen LogP contribution >= 0.6 is 0 Å². The Morgan fingerprint density at radius 2 is 1.91 bits per heavy atom. The number of rotatable bonds is 8. The van der Waals surface area contributed by atoms with E-state index in [1.807, 2.05) is 37.3 Å². The van der Waals surface area contributed by atoms with Crippen molar-refractivity contribution in [3.63, 3.8) is 0 Å². The molecule has 0 saturated carbocycles. The van der Waals surface area contributed by atoms with Gasteiger partial charge in [-0.05, 0) is 53.0 Å². The summed E-state index contributed by atoms with van der Waals surface area (Å²) in [6.07, 6.45) is 3.23. The number of halogens is 1. The zero-order valence-corrected chi connectivity index (χ0v) is 19.8. The molecule has 0 atom stereocenters. The quantitative estimate of drug-likeness (QED) is 0.115. The van der Waals surface area contributed by atoms with Crippen molar-refractivity contribution < 1.29 is 22.3 Å². The lowest BCUT2D eigenvalue weighted by Crippen LogP contribution is -2.06. The van der Waals surface area contributed by atoms with Crippen molar-refractivity contribution in [2.75, 3.05) is 0 Å². The number of nitrogens with zero attached hydrogens (tertiary/aromatic N) is 1. The number of aromatic nitrogens is 2. The van der Waals surface area contributed by atoms with Gasteiger partial charge in [-0.3, -0.25) is 5.10 Å². The molecule has 0 spiro atoms. The highest BCUT2D eigenvalue weighted by atomic mass is 32.2. The second kappa shape index (κ2) is 10.5. The standard InChI is InChI=1S/C27H23FN2O4S/c1-3-20(21-11-9-17(13-23(21)28)16-35(32)33)27(18-10-12-24-19(14-18)15-29-30-24)22-7-5-6-8-25(22)34-26(31)4-2/h4-15,35H,2-3,16H2,1H3,(H,29,30)/b27-20+. The molecule has 3 aromatic carbocycles. The van der Waals surface area contributed by atoms with E-state index in [9.17, 15) is 13.2 Å². The zero-order valence-electron chi connectivity index (χ0n) is 19.0. The highest BCUT2D eigenvalue weighted by Gasteiger charge is 2.20. The Labute approximate surface area is 203 Å². The maximum absolute atomic E-state index is 15.4. The van der Waals surface area contributed by atoms with Gasteiger partial charge in [0.1, 0.15) is 22.3 Å². The molecular formula is C27H23FN2O4S. The first-order valence-corrected chi connectivity index (χ1v) is 12.3. The summed E-state index contributed by atoms with van der Waals surface area (Å²) in [5, 5.41) is 7.87. The SMILES string of the molecule is C=CC(=O)Oc1ccccc1/C(=C(\CC)c1ccc(C[SH](=O)=O)cc1F)c1ccc2[nH]ncc2c1. The van der Waals surface area contributed by atoms with Crippen LogP contribution in [0.2, 0.25) is 0 Å². The molecule has 4 rings (SSSR count). The highest BCUT2D eigenvalue weighted by Crippen LogP contribution is 2.40. The van der Waals surface area contributed by atoms with Gasteiger partial charge < -0.3 is 4.74 Å². The van der Waals surface area contributed by atoms with Gasteiger partial charge in [-0.25, -0.2) is 17.6 Å². The predicted octanol–water partition coefficient (Wildman–Crippen LogP) is 5.27. The van der Waals surface area contributed by atoms with E-state index in [1.54, 1.807) is 30.5 Å². The molecular weight excluding hydrogens is 467 g/mol. The van der Waals surface area contributed by atoms with Crippen molar-refractivity contribution in [2.45, 2.75) is 19.1 Å². The van der Waals surface area contributed by atoms with Crippen LogP contribution < -0.4 is 4.74 Å². The summed E-state index contributed by atoms with van der Waals surface area (Å²) in [5.74, 6) is -1.06. The number of benzene rings is 3. The van der Waals surface area contributed by atoms with Gasteiger partial charge in [-0.1, -0.05) is 49.9 Å². The fourth-order valence-electron chi connectivity index (χ4n) is 4.06. The number of H-pyrrole nitrogens is 1. The Morgan fingerprint density at radius 3 is 2.63 bits per heavy atom. The number of carbonyl (C=O) groups is 1. The molecule has 0 saturated heterocycles. The first kappa shape index (κ1) is 24.1. The number of hydrogen-bond acceptors (Lipinski definition) is 5. The average molecular weight is 491 g/mol. The summed E-state index contributed by atoms with van der Waals surface area (Å²) in [6.45, 7) is 5.38. The Hall–Kier alpha value is -4.04. The monoisotopic (exact) mass is 490 g/mol. The molecule has 1 heterocycles. The first-order valence-electron chi connectivity index (χ1n) is 10.9. The summed E-state index contributed by atoms with van der Waals surface area (Å²) >= 11 is 0. The number of nitrogens with one attached hydrogen (secondary N) is 1. The zero-order chi connectivity index (χ0) is 24.9. The van der Waals surface area contributed by atoms with Crippen molar-refractivity contribution >= 4 is 38.7 Å². The van der Waals surface area contributed by atoms with Crippen LogP contribution in [0.3, 0.4) is 0 Å². The van der Waals surface area contributed by atoms with Crippen LogP contribution in [-0.2, 0) is 21.3 Å². The molecule has 0 bridgehead atoms. The van der Waals surface area contributed by atoms with E-state index in [0.717, 1.165) is 22.5 Å². The first-order chi connectivity index (χ1) is 16.9. The minimum absolute atomic E-state index is 0.234. The molecule has 0 aliphatic carbocycles. The lowest BCUT2D eigenvalue weighted by molar-refractivity contribution is -0.128. The number of allylic oxidation sites excluding steroid dienone is 1. The van der Waals surface area contributed by atoms with Crippen molar-refractivity contribution in [2.24, 2.45) is 0 Å².